The summed E-state index contributed by atoms with van der Waals surface area (Å²) in [5, 5.41) is 3.86. The van der Waals surface area contributed by atoms with Crippen LogP contribution in [0.3, 0.4) is 0 Å². The maximum absolute atomic E-state index is 12.3. The molecule has 0 N–H and O–H groups in total. The number of carbonyl (C=O) groups is 2. The van der Waals surface area contributed by atoms with Gasteiger partial charge in [-0.25, -0.2) is 0 Å². The molecular formula is C12H14ClN3O2S. The molecule has 2 amide bonds. The van der Waals surface area contributed by atoms with E-state index in [9.17, 15) is 9.59 Å². The molecule has 7 heteroatoms. The van der Waals surface area contributed by atoms with Gasteiger partial charge in [0.15, 0.2) is 0 Å². The molecule has 2 heterocycles. The van der Waals surface area contributed by atoms with Gasteiger partial charge in [0.05, 0.1) is 18.4 Å². The summed E-state index contributed by atoms with van der Waals surface area (Å²) in [5.74, 6) is 0.144. The van der Waals surface area contributed by atoms with Gasteiger partial charge in [0.25, 0.3) is 0 Å². The van der Waals surface area contributed by atoms with Gasteiger partial charge < -0.3 is 0 Å². The van der Waals surface area contributed by atoms with E-state index in [2.05, 4.69) is 16.5 Å². The first-order valence-electron chi connectivity index (χ1n) is 6.43. The van der Waals surface area contributed by atoms with Crippen molar-refractivity contribution in [3.63, 3.8) is 0 Å². The number of nitrogens with zero attached hydrogens (tertiary/aromatic N) is 3. The van der Waals surface area contributed by atoms with Crippen molar-refractivity contribution in [3.05, 3.63) is 10.0 Å². The second-order valence-electron chi connectivity index (χ2n) is 5.21. The lowest BCUT2D eigenvalue weighted by Gasteiger charge is -2.16. The third-order valence-electron chi connectivity index (χ3n) is 4.22. The van der Waals surface area contributed by atoms with Gasteiger partial charge in [0.2, 0.25) is 11.8 Å². The fraction of sp³-hybridized carbons (Fsp3) is 0.667. The Balaban J connectivity index is 1.78. The Bertz CT molecular complexity index is 509. The average molecular weight is 300 g/mol. The first-order chi connectivity index (χ1) is 9.11. The molecule has 102 valence electrons. The number of fused-ring (bicyclic) bond motifs is 1. The van der Waals surface area contributed by atoms with Crippen molar-refractivity contribution in [1.29, 1.82) is 0 Å². The molecule has 0 spiro atoms. The zero-order valence-corrected chi connectivity index (χ0v) is 12.1. The molecule has 1 aliphatic heterocycles. The predicted octanol–water partition coefficient (Wildman–Crippen LogP) is 2.11. The van der Waals surface area contributed by atoms with Crippen molar-refractivity contribution >= 4 is 34.9 Å². The molecule has 1 saturated heterocycles. The first-order valence-corrected chi connectivity index (χ1v) is 7.58. The molecule has 2 aliphatic rings. The van der Waals surface area contributed by atoms with Crippen LogP contribution in [0.25, 0.3) is 0 Å². The van der Waals surface area contributed by atoms with Gasteiger partial charge in [-0.2, -0.15) is 0 Å². The Morgan fingerprint density at radius 3 is 2.42 bits per heavy atom. The van der Waals surface area contributed by atoms with Gasteiger partial charge >= 0.3 is 0 Å². The maximum atomic E-state index is 12.3. The van der Waals surface area contributed by atoms with E-state index in [1.165, 1.54) is 4.90 Å². The topological polar surface area (TPSA) is 63.2 Å². The summed E-state index contributed by atoms with van der Waals surface area (Å²) in [6.07, 6.45) is 2.71. The van der Waals surface area contributed by atoms with Crippen molar-refractivity contribution in [2.75, 3.05) is 0 Å². The molecule has 1 aromatic rings. The lowest BCUT2D eigenvalue weighted by Crippen LogP contribution is -2.32. The van der Waals surface area contributed by atoms with Crippen LogP contribution in [0.1, 0.15) is 31.9 Å². The predicted molar refractivity (Wildman–Crippen MR) is 70.5 cm³/mol. The number of hydrogen-bond donors (Lipinski definition) is 0. The van der Waals surface area contributed by atoms with Crippen molar-refractivity contribution in [3.8, 4) is 0 Å². The van der Waals surface area contributed by atoms with E-state index in [1.54, 1.807) is 0 Å². The fourth-order valence-corrected chi connectivity index (χ4v) is 3.74. The average Bonchev–Trinajstić information content (AvgIpc) is 3.05. The quantitative estimate of drug-likeness (QED) is 0.802. The lowest BCUT2D eigenvalue weighted by atomic mass is 10.00. The van der Waals surface area contributed by atoms with Crippen LogP contribution in [0, 0.1) is 17.8 Å². The van der Waals surface area contributed by atoms with Crippen LogP contribution in [0.5, 0.6) is 0 Å². The number of aromatic nitrogens is 2. The number of amides is 2. The highest BCUT2D eigenvalue weighted by Gasteiger charge is 2.52. The van der Waals surface area contributed by atoms with Crippen LogP contribution < -0.4 is 0 Å². The fourth-order valence-electron chi connectivity index (χ4n) is 3.13. The first kappa shape index (κ1) is 13.0. The van der Waals surface area contributed by atoms with Gasteiger partial charge in [-0.15, -0.1) is 5.10 Å². The molecule has 5 nitrogen and oxygen atoms in total. The van der Waals surface area contributed by atoms with Gasteiger partial charge in [-0.3, -0.25) is 14.5 Å². The summed E-state index contributed by atoms with van der Waals surface area (Å²) < 4.78 is 4.17. The number of carbonyl (C=O) groups excluding carboxylic acids is 2. The van der Waals surface area contributed by atoms with Crippen LogP contribution >= 0.6 is 23.1 Å². The summed E-state index contributed by atoms with van der Waals surface area (Å²) >= 11 is 6.99. The number of halogens is 1. The van der Waals surface area contributed by atoms with Crippen LogP contribution in [0.2, 0.25) is 4.34 Å². The van der Waals surface area contributed by atoms with Crippen molar-refractivity contribution in [2.45, 2.75) is 32.7 Å². The molecule has 0 aromatic carbocycles. The molecule has 2 fully saturated rings. The molecule has 1 saturated carbocycles. The van der Waals surface area contributed by atoms with E-state index < -0.39 is 0 Å². The van der Waals surface area contributed by atoms with Gasteiger partial charge in [0, 0.05) is 11.5 Å². The smallest absolute Gasteiger partial charge is 0.233 e. The van der Waals surface area contributed by atoms with Crippen LogP contribution in [-0.4, -0.2) is 26.3 Å². The highest BCUT2D eigenvalue weighted by molar-refractivity contribution is 7.10. The highest BCUT2D eigenvalue weighted by Crippen LogP contribution is 2.44. The van der Waals surface area contributed by atoms with Gasteiger partial charge in [0.1, 0.15) is 10.0 Å². The Morgan fingerprint density at radius 1 is 1.32 bits per heavy atom. The molecule has 1 aliphatic carbocycles. The van der Waals surface area contributed by atoms with Crippen molar-refractivity contribution in [2.24, 2.45) is 17.8 Å². The monoisotopic (exact) mass is 299 g/mol. The Labute approximate surface area is 120 Å². The third kappa shape index (κ3) is 2.07. The summed E-state index contributed by atoms with van der Waals surface area (Å²) in [6, 6.07) is 0. The normalized spacial score (nSPS) is 30.2. The Hall–Kier alpha value is -1.01. The largest absolute Gasteiger partial charge is 0.276 e. The molecule has 19 heavy (non-hydrogen) atoms. The standard InChI is InChI=1S/C12H14ClN3O2S/c1-2-6-3-7-8(4-6)12(18)16(11(7)17)5-9-10(13)19-15-14-9/h6-8H,2-5H2,1H3. The van der Waals surface area contributed by atoms with Crippen molar-refractivity contribution < 1.29 is 9.59 Å². The SMILES string of the molecule is CCC1CC2C(=O)N(Cc3nnsc3Cl)C(=O)C2C1. The van der Waals surface area contributed by atoms with Crippen molar-refractivity contribution in [1.82, 2.24) is 14.5 Å². The zero-order valence-electron chi connectivity index (χ0n) is 10.5. The molecule has 2 atom stereocenters. The number of likely N-dealkylation sites (tertiary alicyclic amines) is 1. The summed E-state index contributed by atoms with van der Waals surface area (Å²) in [5.41, 5.74) is 0.514. The minimum Gasteiger partial charge on any atom is -0.276 e. The van der Waals surface area contributed by atoms with Gasteiger partial charge in [-0.05, 0) is 18.8 Å². The van der Waals surface area contributed by atoms with E-state index in [-0.39, 0.29) is 30.2 Å². The summed E-state index contributed by atoms with van der Waals surface area (Å²) in [7, 11) is 0. The molecular weight excluding hydrogens is 286 g/mol. The number of hydrogen-bond acceptors (Lipinski definition) is 5. The maximum Gasteiger partial charge on any atom is 0.233 e. The summed E-state index contributed by atoms with van der Waals surface area (Å²) in [4.78, 5) is 25.9. The minimum absolute atomic E-state index is 0.0602. The molecule has 1 aromatic heterocycles. The van der Waals surface area contributed by atoms with E-state index in [0.29, 0.717) is 15.9 Å². The zero-order chi connectivity index (χ0) is 13.6. The van der Waals surface area contributed by atoms with Crippen LogP contribution in [0.4, 0.5) is 0 Å². The second-order valence-corrected chi connectivity index (χ2v) is 6.57. The van der Waals surface area contributed by atoms with Gasteiger partial charge in [-0.1, -0.05) is 29.4 Å². The number of rotatable bonds is 3. The summed E-state index contributed by atoms with van der Waals surface area (Å²) in [6.45, 7) is 2.27. The molecule has 2 unspecified atom stereocenters. The minimum atomic E-state index is -0.122. The lowest BCUT2D eigenvalue weighted by molar-refractivity contribution is -0.141. The third-order valence-corrected chi connectivity index (χ3v) is 5.21. The number of imide groups is 1. The molecule has 0 bridgehead atoms. The van der Waals surface area contributed by atoms with E-state index >= 15 is 0 Å². The van der Waals surface area contributed by atoms with E-state index in [1.807, 2.05) is 0 Å². The van der Waals surface area contributed by atoms with E-state index in [4.69, 9.17) is 11.6 Å². The Morgan fingerprint density at radius 2 is 1.95 bits per heavy atom. The van der Waals surface area contributed by atoms with Crippen LogP contribution in [0.15, 0.2) is 0 Å². The van der Waals surface area contributed by atoms with E-state index in [0.717, 1.165) is 30.8 Å². The van der Waals surface area contributed by atoms with Crippen LogP contribution in [-0.2, 0) is 16.1 Å². The Kier molecular flexibility index (Phi) is 3.30. The second kappa shape index (κ2) is 4.83. The highest BCUT2D eigenvalue weighted by atomic mass is 35.5. The molecule has 0 radical (unpaired) electrons. The molecule has 3 rings (SSSR count).